The molecule has 1 saturated heterocycles. The highest BCUT2D eigenvalue weighted by molar-refractivity contribution is 5.82. The van der Waals surface area contributed by atoms with Crippen LogP contribution < -0.4 is 21.9 Å². The lowest BCUT2D eigenvalue weighted by molar-refractivity contribution is -0.131. The van der Waals surface area contributed by atoms with Crippen LogP contribution in [-0.2, 0) is 11.3 Å². The number of nitrogens with two attached hydrogens (primary N) is 1. The molecule has 1 amide bonds. The first kappa shape index (κ1) is 24.8. The predicted molar refractivity (Wildman–Crippen MR) is 140 cm³/mol. The highest BCUT2D eigenvalue weighted by atomic mass is 16.2. The lowest BCUT2D eigenvalue weighted by Gasteiger charge is -2.33. The van der Waals surface area contributed by atoms with Crippen molar-refractivity contribution in [1.29, 1.82) is 0 Å². The lowest BCUT2D eigenvalue weighted by Crippen LogP contribution is -2.46. The zero-order valence-electron chi connectivity index (χ0n) is 20.7. The maximum Gasteiger partial charge on any atom is 0.330 e. The summed E-state index contributed by atoms with van der Waals surface area (Å²) in [5, 5.41) is 0. The van der Waals surface area contributed by atoms with Crippen LogP contribution in [0.4, 0.5) is 11.5 Å². The Kier molecular flexibility index (Phi) is 8.10. The summed E-state index contributed by atoms with van der Waals surface area (Å²) in [6, 6.07) is 9.51. The van der Waals surface area contributed by atoms with Crippen LogP contribution in [0, 0.1) is 5.92 Å². The molecule has 1 aromatic heterocycles. The van der Waals surface area contributed by atoms with Gasteiger partial charge >= 0.3 is 5.69 Å². The molecule has 2 aromatic rings. The van der Waals surface area contributed by atoms with Crippen molar-refractivity contribution < 1.29 is 4.79 Å². The first-order valence-corrected chi connectivity index (χ1v) is 12.8. The topological polar surface area (TPSA) is 104 Å². The van der Waals surface area contributed by atoms with Gasteiger partial charge in [-0.25, -0.2) is 4.79 Å². The number of piperidine rings is 1. The molecule has 8 heteroatoms. The number of benzene rings is 1. The first-order valence-electron chi connectivity index (χ1n) is 12.8. The summed E-state index contributed by atoms with van der Waals surface area (Å²) in [5.74, 6) is 0.711. The van der Waals surface area contributed by atoms with Crippen molar-refractivity contribution in [3.05, 3.63) is 68.4 Å². The molecule has 2 heterocycles. The number of hydrogen-bond acceptors (Lipinski definition) is 5. The van der Waals surface area contributed by atoms with E-state index in [4.69, 9.17) is 5.73 Å². The molecule has 0 radical (unpaired) electrons. The van der Waals surface area contributed by atoms with Gasteiger partial charge in [-0.15, -0.1) is 0 Å². The second-order valence-corrected chi connectivity index (χ2v) is 9.91. The number of H-pyrrole nitrogens is 1. The quantitative estimate of drug-likeness (QED) is 0.566. The van der Waals surface area contributed by atoms with Crippen molar-refractivity contribution in [3.8, 4) is 0 Å². The van der Waals surface area contributed by atoms with E-state index >= 15 is 0 Å². The minimum Gasteiger partial charge on any atom is -0.383 e. The average molecular weight is 480 g/mol. The highest BCUT2D eigenvalue weighted by Gasteiger charge is 2.26. The molecule has 1 fully saturated rings. The molecule has 4 rings (SSSR count). The van der Waals surface area contributed by atoms with Gasteiger partial charge in [0.2, 0.25) is 5.91 Å². The Hall–Kier alpha value is -3.29. The highest BCUT2D eigenvalue weighted by Crippen LogP contribution is 2.24. The number of nitrogens with zero attached hydrogens (tertiary/aromatic N) is 3. The fraction of sp³-hybridized carbons (Fsp3) is 0.519. The Morgan fingerprint density at radius 2 is 1.89 bits per heavy atom. The van der Waals surface area contributed by atoms with Gasteiger partial charge in [0.25, 0.3) is 5.56 Å². The molecule has 1 aromatic carbocycles. The molecule has 1 aliphatic carbocycles. The zero-order valence-corrected chi connectivity index (χ0v) is 20.7. The van der Waals surface area contributed by atoms with Gasteiger partial charge in [0.1, 0.15) is 11.5 Å². The van der Waals surface area contributed by atoms with Crippen molar-refractivity contribution >= 4 is 17.4 Å². The SMILES string of the molecule is CC1CCN(C(=O)CN(CCC2=CCCCC2)c2c(N)n(Cc3ccccc3)c(=O)[nH]c2=O)CC1. The normalized spacial score (nSPS) is 16.7. The molecular weight excluding hydrogens is 442 g/mol. The Morgan fingerprint density at radius 3 is 2.57 bits per heavy atom. The number of carbonyl (C=O) groups is 1. The van der Waals surface area contributed by atoms with Crippen molar-refractivity contribution in [2.75, 3.05) is 36.8 Å². The smallest absolute Gasteiger partial charge is 0.330 e. The van der Waals surface area contributed by atoms with E-state index < -0.39 is 11.2 Å². The van der Waals surface area contributed by atoms with Gasteiger partial charge in [0, 0.05) is 19.6 Å². The summed E-state index contributed by atoms with van der Waals surface area (Å²) in [6.07, 6.45) is 9.51. The molecule has 188 valence electrons. The van der Waals surface area contributed by atoms with E-state index in [1.165, 1.54) is 23.0 Å². The number of hydrogen-bond donors (Lipinski definition) is 2. The van der Waals surface area contributed by atoms with Crippen LogP contribution in [0.15, 0.2) is 51.6 Å². The summed E-state index contributed by atoms with van der Waals surface area (Å²) in [4.78, 5) is 45.1. The van der Waals surface area contributed by atoms with Crippen molar-refractivity contribution in [1.82, 2.24) is 14.5 Å². The maximum atomic E-state index is 13.3. The van der Waals surface area contributed by atoms with E-state index in [9.17, 15) is 14.4 Å². The van der Waals surface area contributed by atoms with Crippen LogP contribution in [0.1, 0.15) is 57.4 Å². The predicted octanol–water partition coefficient (Wildman–Crippen LogP) is 3.12. The summed E-state index contributed by atoms with van der Waals surface area (Å²) in [5.41, 5.74) is 7.84. The molecule has 0 spiro atoms. The summed E-state index contributed by atoms with van der Waals surface area (Å²) >= 11 is 0. The van der Waals surface area contributed by atoms with E-state index in [0.717, 1.165) is 50.8 Å². The van der Waals surface area contributed by atoms with Gasteiger partial charge < -0.3 is 15.5 Å². The Morgan fingerprint density at radius 1 is 1.14 bits per heavy atom. The van der Waals surface area contributed by atoms with Gasteiger partial charge in [-0.3, -0.25) is 19.1 Å². The molecule has 0 bridgehead atoms. The minimum absolute atomic E-state index is 0.00543. The molecule has 1 aliphatic heterocycles. The average Bonchev–Trinajstić information content (AvgIpc) is 2.86. The number of rotatable bonds is 8. The number of anilines is 2. The van der Waals surface area contributed by atoms with Gasteiger partial charge in [0.15, 0.2) is 0 Å². The molecule has 0 atom stereocenters. The monoisotopic (exact) mass is 479 g/mol. The number of nitrogen functional groups attached to an aromatic ring is 1. The Labute approximate surface area is 206 Å². The zero-order chi connectivity index (χ0) is 24.8. The third-order valence-electron chi connectivity index (χ3n) is 7.26. The molecular formula is C27H37N5O3. The number of nitrogens with one attached hydrogen (secondary N) is 1. The molecule has 0 unspecified atom stereocenters. The number of aromatic nitrogens is 2. The number of aromatic amines is 1. The van der Waals surface area contributed by atoms with Crippen molar-refractivity contribution in [3.63, 3.8) is 0 Å². The van der Waals surface area contributed by atoms with Gasteiger partial charge in [-0.05, 0) is 56.4 Å². The van der Waals surface area contributed by atoms with Crippen LogP contribution in [0.5, 0.6) is 0 Å². The number of carbonyl (C=O) groups excluding carboxylic acids is 1. The van der Waals surface area contributed by atoms with Gasteiger partial charge in [-0.2, -0.15) is 0 Å². The van der Waals surface area contributed by atoms with Crippen molar-refractivity contribution in [2.45, 2.75) is 58.4 Å². The van der Waals surface area contributed by atoms with E-state index in [2.05, 4.69) is 18.0 Å². The van der Waals surface area contributed by atoms with Crippen LogP contribution in [-0.4, -0.2) is 46.5 Å². The van der Waals surface area contributed by atoms with E-state index in [1.807, 2.05) is 35.2 Å². The Balaban J connectivity index is 1.63. The van der Waals surface area contributed by atoms with Crippen LogP contribution >= 0.6 is 0 Å². The minimum atomic E-state index is -0.550. The summed E-state index contributed by atoms with van der Waals surface area (Å²) < 4.78 is 1.38. The van der Waals surface area contributed by atoms with Crippen LogP contribution in [0.25, 0.3) is 0 Å². The molecule has 35 heavy (non-hydrogen) atoms. The van der Waals surface area contributed by atoms with Crippen molar-refractivity contribution in [2.24, 2.45) is 5.92 Å². The largest absolute Gasteiger partial charge is 0.383 e. The molecule has 2 aliphatic rings. The summed E-state index contributed by atoms with van der Waals surface area (Å²) in [7, 11) is 0. The Bertz CT molecular complexity index is 1160. The second-order valence-electron chi connectivity index (χ2n) is 9.91. The van der Waals surface area contributed by atoms with E-state index in [1.54, 1.807) is 4.90 Å². The van der Waals surface area contributed by atoms with Gasteiger partial charge in [-0.1, -0.05) is 48.9 Å². The van der Waals surface area contributed by atoms with E-state index in [0.29, 0.717) is 12.5 Å². The maximum absolute atomic E-state index is 13.3. The molecule has 0 saturated carbocycles. The third-order valence-corrected chi connectivity index (χ3v) is 7.26. The third kappa shape index (κ3) is 6.24. The number of allylic oxidation sites excluding steroid dienone is 1. The number of likely N-dealkylation sites (tertiary alicyclic amines) is 1. The lowest BCUT2D eigenvalue weighted by atomic mass is 9.97. The van der Waals surface area contributed by atoms with Crippen LogP contribution in [0.3, 0.4) is 0 Å². The number of amides is 1. The van der Waals surface area contributed by atoms with Crippen LogP contribution in [0.2, 0.25) is 0 Å². The van der Waals surface area contributed by atoms with Gasteiger partial charge in [0.05, 0.1) is 13.1 Å². The fourth-order valence-corrected chi connectivity index (χ4v) is 5.01. The molecule has 8 nitrogen and oxygen atoms in total. The standard InChI is InChI=1S/C27H37N5O3/c1-20-12-15-30(16-13-20)23(33)19-31(17-14-21-8-4-2-5-9-21)24-25(28)32(27(35)29-26(24)34)18-22-10-6-3-7-11-22/h3,6-8,10-11,20H,2,4-5,9,12-19,28H2,1H3,(H,29,34,35). The molecule has 3 N–H and O–H groups in total. The van der Waals surface area contributed by atoms with E-state index in [-0.39, 0.29) is 30.5 Å². The summed E-state index contributed by atoms with van der Waals surface area (Å²) in [6.45, 7) is 4.49. The first-order chi connectivity index (χ1) is 16.9. The second kappa shape index (κ2) is 11.4. The fourth-order valence-electron chi connectivity index (χ4n) is 5.01.